The van der Waals surface area contributed by atoms with Gasteiger partial charge in [0.25, 0.3) is 0 Å². The largest absolute Gasteiger partial charge is 0.458 e. The zero-order valence-corrected chi connectivity index (χ0v) is 21.5. The summed E-state index contributed by atoms with van der Waals surface area (Å²) in [5.41, 5.74) is -0.865. The van der Waals surface area contributed by atoms with Gasteiger partial charge in [-0.25, -0.2) is 14.4 Å². The maximum Gasteiger partial charge on any atom is 0.420 e. The van der Waals surface area contributed by atoms with Crippen LogP contribution in [-0.4, -0.2) is 64.2 Å². The van der Waals surface area contributed by atoms with Gasteiger partial charge in [-0.2, -0.15) is 4.90 Å². The van der Waals surface area contributed by atoms with Gasteiger partial charge in [0, 0.05) is 13.0 Å². The highest BCUT2D eigenvalue weighted by Crippen LogP contribution is 2.19. The Balaban J connectivity index is 2.96. The molecule has 1 rings (SSSR count). The van der Waals surface area contributed by atoms with Crippen molar-refractivity contribution >= 4 is 18.2 Å². The Morgan fingerprint density at radius 3 is 1.85 bits per heavy atom. The molecule has 0 radical (unpaired) electrons. The molecule has 0 aliphatic rings. The molecular weight excluding hydrogens is 442 g/mol. The monoisotopic (exact) mass is 481 g/mol. The number of amides is 2. The Kier molecular flexibility index (Phi) is 11.0. The van der Waals surface area contributed by atoms with Crippen LogP contribution in [0.15, 0.2) is 30.3 Å². The first kappa shape index (κ1) is 29.4. The van der Waals surface area contributed by atoms with E-state index in [9.17, 15) is 19.5 Å². The molecule has 0 aliphatic heterocycles. The molecule has 0 aromatic heterocycles. The van der Waals surface area contributed by atoms with E-state index >= 15 is 0 Å². The van der Waals surface area contributed by atoms with Crippen molar-refractivity contribution in [2.45, 2.75) is 97.9 Å². The number of rotatable bonds is 9. The summed E-state index contributed by atoms with van der Waals surface area (Å²) < 4.78 is 22.0. The molecule has 9 heteroatoms. The van der Waals surface area contributed by atoms with Crippen LogP contribution in [0.1, 0.15) is 67.4 Å². The van der Waals surface area contributed by atoms with E-state index in [-0.39, 0.29) is 19.6 Å². The van der Waals surface area contributed by atoms with E-state index in [2.05, 4.69) is 0 Å². The highest BCUT2D eigenvalue weighted by atomic mass is 16.6. The van der Waals surface area contributed by atoms with Crippen molar-refractivity contribution in [3.05, 3.63) is 35.9 Å². The molecule has 1 unspecified atom stereocenters. The number of carbonyl (C=O) groups is 3. The maximum atomic E-state index is 12.9. The molecule has 1 aromatic carbocycles. The van der Waals surface area contributed by atoms with Crippen molar-refractivity contribution in [3.63, 3.8) is 0 Å². The number of carbonyl (C=O) groups excluding carboxylic acids is 3. The van der Waals surface area contributed by atoms with E-state index in [4.69, 9.17) is 18.9 Å². The highest BCUT2D eigenvalue weighted by Gasteiger charge is 2.39. The average molecular weight is 482 g/mol. The van der Waals surface area contributed by atoms with E-state index in [1.54, 1.807) is 48.5 Å². The number of hydrogen-bond donors (Lipinski definition) is 1. The van der Waals surface area contributed by atoms with Crippen LogP contribution in [0.2, 0.25) is 0 Å². The lowest BCUT2D eigenvalue weighted by Crippen LogP contribution is -2.52. The van der Waals surface area contributed by atoms with Gasteiger partial charge in [-0.15, -0.1) is 0 Å². The molecule has 34 heavy (non-hydrogen) atoms. The first-order valence-corrected chi connectivity index (χ1v) is 11.4. The molecule has 0 saturated heterocycles. The third-order valence-electron chi connectivity index (χ3n) is 4.45. The SMILES string of the molecule is CC(OC(=O)[C@H](C)N(C(=O)OC(C)(C)C)C(=O)OC(C)(C)C)[C@@H](CCO)OCc1ccccc1. The number of hydrogen-bond acceptors (Lipinski definition) is 8. The summed E-state index contributed by atoms with van der Waals surface area (Å²) in [4.78, 5) is 39.0. The zero-order chi connectivity index (χ0) is 26.1. The van der Waals surface area contributed by atoms with Crippen molar-refractivity contribution in [1.29, 1.82) is 0 Å². The normalized spacial score (nSPS) is 14.5. The molecule has 0 aliphatic carbocycles. The predicted molar refractivity (Wildman–Crippen MR) is 126 cm³/mol. The van der Waals surface area contributed by atoms with Crippen LogP contribution in [0, 0.1) is 0 Å². The molecule has 0 heterocycles. The van der Waals surface area contributed by atoms with E-state index in [1.165, 1.54) is 6.92 Å². The predicted octanol–water partition coefficient (Wildman–Crippen LogP) is 4.45. The average Bonchev–Trinajstić information content (AvgIpc) is 2.69. The van der Waals surface area contributed by atoms with E-state index in [0.29, 0.717) is 4.90 Å². The van der Waals surface area contributed by atoms with Gasteiger partial charge < -0.3 is 24.1 Å². The Labute approximate surface area is 202 Å². The second kappa shape index (κ2) is 12.7. The third-order valence-corrected chi connectivity index (χ3v) is 4.45. The second-order valence-electron chi connectivity index (χ2n) is 10.00. The van der Waals surface area contributed by atoms with Gasteiger partial charge in [-0.05, 0) is 61.0 Å². The quantitative estimate of drug-likeness (QED) is 0.407. The minimum atomic E-state index is -1.32. The van der Waals surface area contributed by atoms with Crippen LogP contribution >= 0.6 is 0 Å². The van der Waals surface area contributed by atoms with Gasteiger partial charge in [0.15, 0.2) is 0 Å². The summed E-state index contributed by atoms with van der Waals surface area (Å²) in [6.45, 7) is 13.0. The topological polar surface area (TPSA) is 112 Å². The molecular formula is C25H39NO8. The number of nitrogens with zero attached hydrogens (tertiary/aromatic N) is 1. The Bertz CT molecular complexity index is 769. The molecule has 192 valence electrons. The standard InChI is InChI=1S/C25H39NO8/c1-17(26(22(29)33-24(3,4)5)23(30)34-25(6,7)8)21(28)32-18(2)20(14-15-27)31-16-19-12-10-9-11-13-19/h9-13,17-18,20,27H,14-16H2,1-8H3/t17-,18?,20+/m0/s1. The van der Waals surface area contributed by atoms with E-state index < -0.39 is 47.6 Å². The fraction of sp³-hybridized carbons (Fsp3) is 0.640. The first-order valence-electron chi connectivity index (χ1n) is 11.4. The Morgan fingerprint density at radius 2 is 1.41 bits per heavy atom. The van der Waals surface area contributed by atoms with Gasteiger partial charge in [0.1, 0.15) is 23.3 Å². The van der Waals surface area contributed by atoms with Crippen LogP contribution in [0.5, 0.6) is 0 Å². The van der Waals surface area contributed by atoms with Crippen molar-refractivity contribution in [1.82, 2.24) is 4.90 Å². The number of ether oxygens (including phenoxy) is 4. The second-order valence-corrected chi connectivity index (χ2v) is 10.00. The summed E-state index contributed by atoms with van der Waals surface area (Å²) in [7, 11) is 0. The number of aliphatic hydroxyl groups excluding tert-OH is 1. The summed E-state index contributed by atoms with van der Waals surface area (Å²) in [6.07, 6.45) is -3.17. The molecule has 1 aromatic rings. The summed E-state index contributed by atoms with van der Waals surface area (Å²) in [5.74, 6) is -0.838. The molecule has 2 amide bonds. The maximum absolute atomic E-state index is 12.9. The number of esters is 1. The highest BCUT2D eigenvalue weighted by molar-refractivity contribution is 5.94. The summed E-state index contributed by atoms with van der Waals surface area (Å²) in [6, 6.07) is 8.13. The number of imide groups is 1. The zero-order valence-electron chi connectivity index (χ0n) is 21.5. The smallest absolute Gasteiger partial charge is 0.420 e. The fourth-order valence-corrected chi connectivity index (χ4v) is 2.83. The fourth-order valence-electron chi connectivity index (χ4n) is 2.83. The van der Waals surface area contributed by atoms with Crippen LogP contribution < -0.4 is 0 Å². The van der Waals surface area contributed by atoms with Crippen LogP contribution in [-0.2, 0) is 30.3 Å². The lowest BCUT2D eigenvalue weighted by atomic mass is 10.1. The summed E-state index contributed by atoms with van der Waals surface area (Å²) >= 11 is 0. The Morgan fingerprint density at radius 1 is 0.912 bits per heavy atom. The minimum Gasteiger partial charge on any atom is -0.458 e. The van der Waals surface area contributed by atoms with Crippen LogP contribution in [0.3, 0.4) is 0 Å². The van der Waals surface area contributed by atoms with Gasteiger partial charge in [-0.3, -0.25) is 0 Å². The van der Waals surface area contributed by atoms with Crippen molar-refractivity contribution in [2.24, 2.45) is 0 Å². The van der Waals surface area contributed by atoms with E-state index in [1.807, 2.05) is 30.3 Å². The Hall–Kier alpha value is -2.65. The first-order chi connectivity index (χ1) is 15.6. The third kappa shape index (κ3) is 10.5. The lowest BCUT2D eigenvalue weighted by Gasteiger charge is -2.32. The van der Waals surface area contributed by atoms with Gasteiger partial charge >= 0.3 is 18.2 Å². The molecule has 9 nitrogen and oxygen atoms in total. The van der Waals surface area contributed by atoms with Gasteiger partial charge in [0.2, 0.25) is 0 Å². The van der Waals surface area contributed by atoms with E-state index in [0.717, 1.165) is 5.56 Å². The number of benzene rings is 1. The number of aliphatic hydroxyl groups is 1. The molecule has 3 atom stereocenters. The van der Waals surface area contributed by atoms with Gasteiger partial charge in [-0.1, -0.05) is 30.3 Å². The molecule has 0 saturated carbocycles. The van der Waals surface area contributed by atoms with Crippen molar-refractivity contribution in [3.8, 4) is 0 Å². The van der Waals surface area contributed by atoms with Crippen LogP contribution in [0.4, 0.5) is 9.59 Å². The molecule has 1 N–H and O–H groups in total. The lowest BCUT2D eigenvalue weighted by molar-refractivity contribution is -0.162. The van der Waals surface area contributed by atoms with Gasteiger partial charge in [0.05, 0.1) is 12.7 Å². The summed E-state index contributed by atoms with van der Waals surface area (Å²) in [5, 5.41) is 9.43. The van der Waals surface area contributed by atoms with Crippen molar-refractivity contribution in [2.75, 3.05) is 6.61 Å². The molecule has 0 bridgehead atoms. The van der Waals surface area contributed by atoms with Crippen molar-refractivity contribution < 1.29 is 38.4 Å². The molecule has 0 spiro atoms. The molecule has 0 fully saturated rings. The minimum absolute atomic E-state index is 0.168. The van der Waals surface area contributed by atoms with Crippen LogP contribution in [0.25, 0.3) is 0 Å².